The third kappa shape index (κ3) is 5.83. The van der Waals surface area contributed by atoms with Gasteiger partial charge in [-0.2, -0.15) is 0 Å². The number of ether oxygens (including phenoxy) is 1. The molecule has 0 fully saturated rings. The lowest BCUT2D eigenvalue weighted by atomic mass is 10.1. The first-order chi connectivity index (χ1) is 8.63. The summed E-state index contributed by atoms with van der Waals surface area (Å²) in [6.07, 6.45) is 0. The zero-order valence-corrected chi connectivity index (χ0v) is 12.3. The topological polar surface area (TPSA) is 24.5 Å². The number of methoxy groups -OCH3 is 1. The third-order valence-electron chi connectivity index (χ3n) is 2.90. The molecular formula is C14H23ClN2O. The van der Waals surface area contributed by atoms with E-state index in [1.807, 2.05) is 12.1 Å². The number of hydrogen-bond donors (Lipinski definition) is 1. The fraction of sp³-hybridized carbons (Fsp3) is 0.571. The van der Waals surface area contributed by atoms with Gasteiger partial charge in [-0.05, 0) is 37.2 Å². The van der Waals surface area contributed by atoms with Gasteiger partial charge in [-0.15, -0.1) is 0 Å². The van der Waals surface area contributed by atoms with E-state index in [1.165, 1.54) is 11.1 Å². The first kappa shape index (κ1) is 15.4. The predicted octanol–water partition coefficient (Wildman–Crippen LogP) is 2.32. The van der Waals surface area contributed by atoms with Crippen molar-refractivity contribution in [3.63, 3.8) is 0 Å². The Morgan fingerprint density at radius 2 is 2.11 bits per heavy atom. The minimum absolute atomic E-state index is 0.761. The van der Waals surface area contributed by atoms with Crippen LogP contribution in [0.5, 0.6) is 0 Å². The molecule has 1 aromatic rings. The number of aryl methyl sites for hydroxylation is 1. The molecule has 0 aromatic heterocycles. The molecule has 4 heteroatoms. The van der Waals surface area contributed by atoms with Gasteiger partial charge in [-0.25, -0.2) is 0 Å². The highest BCUT2D eigenvalue weighted by atomic mass is 35.5. The first-order valence-electron chi connectivity index (χ1n) is 6.26. The van der Waals surface area contributed by atoms with E-state index in [0.29, 0.717) is 0 Å². The van der Waals surface area contributed by atoms with Gasteiger partial charge >= 0.3 is 0 Å². The van der Waals surface area contributed by atoms with Crippen molar-refractivity contribution >= 4 is 11.6 Å². The van der Waals surface area contributed by atoms with Crippen molar-refractivity contribution in [3.05, 3.63) is 34.3 Å². The molecule has 0 unspecified atom stereocenters. The van der Waals surface area contributed by atoms with Gasteiger partial charge in [0.05, 0.1) is 6.61 Å². The van der Waals surface area contributed by atoms with Crippen LogP contribution in [0.15, 0.2) is 18.2 Å². The molecule has 1 aromatic carbocycles. The molecule has 0 aliphatic rings. The molecule has 0 atom stereocenters. The van der Waals surface area contributed by atoms with Gasteiger partial charge in [0, 0.05) is 38.3 Å². The molecule has 0 aliphatic heterocycles. The number of benzene rings is 1. The van der Waals surface area contributed by atoms with Gasteiger partial charge in [0.2, 0.25) is 0 Å². The van der Waals surface area contributed by atoms with E-state index in [-0.39, 0.29) is 0 Å². The van der Waals surface area contributed by atoms with Crippen molar-refractivity contribution in [2.45, 2.75) is 13.5 Å². The predicted molar refractivity (Wildman–Crippen MR) is 77.3 cm³/mol. The first-order valence-corrected chi connectivity index (χ1v) is 6.64. The summed E-state index contributed by atoms with van der Waals surface area (Å²) in [7, 11) is 3.84. The summed E-state index contributed by atoms with van der Waals surface area (Å²) in [5.74, 6) is 0. The number of rotatable bonds is 8. The largest absolute Gasteiger partial charge is 0.383 e. The number of halogens is 1. The van der Waals surface area contributed by atoms with Crippen LogP contribution >= 0.6 is 11.6 Å². The highest BCUT2D eigenvalue weighted by Crippen LogP contribution is 2.16. The molecule has 0 amide bonds. The quantitative estimate of drug-likeness (QED) is 0.734. The van der Waals surface area contributed by atoms with Crippen molar-refractivity contribution < 1.29 is 4.74 Å². The average molecular weight is 271 g/mol. The van der Waals surface area contributed by atoms with E-state index < -0.39 is 0 Å². The molecule has 0 bridgehead atoms. The van der Waals surface area contributed by atoms with E-state index >= 15 is 0 Å². The van der Waals surface area contributed by atoms with E-state index in [2.05, 4.69) is 30.3 Å². The Morgan fingerprint density at radius 1 is 1.33 bits per heavy atom. The zero-order chi connectivity index (χ0) is 13.4. The summed E-state index contributed by atoms with van der Waals surface area (Å²) in [6, 6.07) is 6.06. The Bertz CT molecular complexity index is 358. The summed E-state index contributed by atoms with van der Waals surface area (Å²) in [4.78, 5) is 2.29. The molecule has 0 spiro atoms. The van der Waals surface area contributed by atoms with Crippen molar-refractivity contribution in [3.8, 4) is 0 Å². The van der Waals surface area contributed by atoms with Gasteiger partial charge < -0.3 is 15.0 Å². The lowest BCUT2D eigenvalue weighted by Crippen LogP contribution is -2.30. The molecule has 0 saturated carbocycles. The van der Waals surface area contributed by atoms with Gasteiger partial charge in [0.25, 0.3) is 0 Å². The smallest absolute Gasteiger partial charge is 0.0587 e. The summed E-state index contributed by atoms with van der Waals surface area (Å²) in [6.45, 7) is 6.70. The maximum atomic E-state index is 6.02. The van der Waals surface area contributed by atoms with E-state index in [0.717, 1.165) is 37.8 Å². The fourth-order valence-corrected chi connectivity index (χ4v) is 1.94. The fourth-order valence-electron chi connectivity index (χ4n) is 1.75. The Kier molecular flexibility index (Phi) is 7.28. The monoisotopic (exact) mass is 270 g/mol. The number of hydrogen-bond acceptors (Lipinski definition) is 3. The Morgan fingerprint density at radius 3 is 2.83 bits per heavy atom. The molecular weight excluding hydrogens is 248 g/mol. The molecule has 102 valence electrons. The van der Waals surface area contributed by atoms with Crippen LogP contribution in [0.2, 0.25) is 5.02 Å². The highest BCUT2D eigenvalue weighted by Gasteiger charge is 2.03. The lowest BCUT2D eigenvalue weighted by molar-refractivity contribution is 0.197. The summed E-state index contributed by atoms with van der Waals surface area (Å²) in [5, 5.41) is 4.14. The zero-order valence-electron chi connectivity index (χ0n) is 11.5. The standard InChI is InChI=1S/C14H23ClN2O/c1-12-4-5-14(15)10-13(12)11-17(2)8-6-16-7-9-18-3/h4-5,10,16H,6-9,11H2,1-3H3. The highest BCUT2D eigenvalue weighted by molar-refractivity contribution is 6.30. The second-order valence-corrected chi connectivity index (χ2v) is 4.99. The Labute approximate surface area is 115 Å². The molecule has 0 heterocycles. The van der Waals surface area contributed by atoms with Crippen LogP contribution in [0, 0.1) is 6.92 Å². The van der Waals surface area contributed by atoms with E-state index in [9.17, 15) is 0 Å². The maximum absolute atomic E-state index is 6.02. The SMILES string of the molecule is COCCNCCN(C)Cc1cc(Cl)ccc1C. The summed E-state index contributed by atoms with van der Waals surface area (Å²) >= 11 is 6.02. The molecule has 18 heavy (non-hydrogen) atoms. The second kappa shape index (κ2) is 8.48. The van der Waals surface area contributed by atoms with Crippen molar-refractivity contribution in [1.82, 2.24) is 10.2 Å². The van der Waals surface area contributed by atoms with Gasteiger partial charge in [0.15, 0.2) is 0 Å². The van der Waals surface area contributed by atoms with Crippen molar-refractivity contribution in [2.24, 2.45) is 0 Å². The van der Waals surface area contributed by atoms with Crippen LogP contribution < -0.4 is 5.32 Å². The summed E-state index contributed by atoms with van der Waals surface area (Å²) in [5.41, 5.74) is 2.58. The summed E-state index contributed by atoms with van der Waals surface area (Å²) < 4.78 is 4.98. The maximum Gasteiger partial charge on any atom is 0.0587 e. The van der Waals surface area contributed by atoms with Crippen molar-refractivity contribution in [1.29, 1.82) is 0 Å². The third-order valence-corrected chi connectivity index (χ3v) is 3.14. The Balaban J connectivity index is 2.30. The molecule has 0 saturated heterocycles. The minimum Gasteiger partial charge on any atom is -0.383 e. The molecule has 0 radical (unpaired) electrons. The van der Waals surface area contributed by atoms with E-state index in [4.69, 9.17) is 16.3 Å². The van der Waals surface area contributed by atoms with Gasteiger partial charge in [-0.1, -0.05) is 17.7 Å². The normalized spacial score (nSPS) is 11.2. The van der Waals surface area contributed by atoms with Crippen LogP contribution in [0.25, 0.3) is 0 Å². The average Bonchev–Trinajstić information content (AvgIpc) is 2.33. The van der Waals surface area contributed by atoms with E-state index in [1.54, 1.807) is 7.11 Å². The van der Waals surface area contributed by atoms with Crippen LogP contribution in [0.1, 0.15) is 11.1 Å². The number of nitrogens with zero attached hydrogens (tertiary/aromatic N) is 1. The number of nitrogens with one attached hydrogen (secondary N) is 1. The van der Waals surface area contributed by atoms with Crippen LogP contribution in [-0.4, -0.2) is 45.3 Å². The van der Waals surface area contributed by atoms with Crippen LogP contribution in [0.4, 0.5) is 0 Å². The number of likely N-dealkylation sites (N-methyl/N-ethyl adjacent to an activating group) is 1. The van der Waals surface area contributed by atoms with Crippen LogP contribution in [0.3, 0.4) is 0 Å². The molecule has 1 N–H and O–H groups in total. The van der Waals surface area contributed by atoms with Crippen molar-refractivity contribution in [2.75, 3.05) is 40.4 Å². The molecule has 0 aliphatic carbocycles. The molecule has 3 nitrogen and oxygen atoms in total. The lowest BCUT2D eigenvalue weighted by Gasteiger charge is -2.18. The van der Waals surface area contributed by atoms with Gasteiger partial charge in [0.1, 0.15) is 0 Å². The molecule has 1 rings (SSSR count). The van der Waals surface area contributed by atoms with Crippen LogP contribution in [-0.2, 0) is 11.3 Å². The minimum atomic E-state index is 0.761. The Hall–Kier alpha value is -0.610. The van der Waals surface area contributed by atoms with Gasteiger partial charge in [-0.3, -0.25) is 0 Å². The second-order valence-electron chi connectivity index (χ2n) is 4.55.